The zero-order valence-corrected chi connectivity index (χ0v) is 6.09. The van der Waals surface area contributed by atoms with Crippen LogP contribution in [0.25, 0.3) is 0 Å². The molecule has 0 amide bonds. The third-order valence-electron chi connectivity index (χ3n) is 1.03. The second-order valence-corrected chi connectivity index (χ2v) is 1.81. The van der Waals surface area contributed by atoms with Crippen LogP contribution in [0.4, 0.5) is 0 Å². The van der Waals surface area contributed by atoms with E-state index in [4.69, 9.17) is 0 Å². The van der Waals surface area contributed by atoms with Crippen LogP contribution in [0.2, 0.25) is 0 Å². The summed E-state index contributed by atoms with van der Waals surface area (Å²) in [6, 6.07) is 0. The summed E-state index contributed by atoms with van der Waals surface area (Å²) >= 11 is 0. The highest BCUT2D eigenvalue weighted by Crippen LogP contribution is 1.95. The lowest BCUT2D eigenvalue weighted by atomic mass is 10.3. The van der Waals surface area contributed by atoms with Crippen LogP contribution in [0.3, 0.4) is 0 Å². The van der Waals surface area contributed by atoms with E-state index in [1.807, 2.05) is 26.0 Å². The first kappa shape index (κ1) is 8.15. The molecule has 0 atom stereocenters. The average Bonchev–Trinajstić information content (AvgIpc) is 1.89. The van der Waals surface area contributed by atoms with Gasteiger partial charge in [0.05, 0.1) is 0 Å². The number of rotatable bonds is 3. The highest BCUT2D eigenvalue weighted by molar-refractivity contribution is 5.28. The molecule has 0 radical (unpaired) electrons. The molecule has 0 rings (SSSR count). The second kappa shape index (κ2) is 5.29. The second-order valence-electron chi connectivity index (χ2n) is 1.81. The summed E-state index contributed by atoms with van der Waals surface area (Å²) in [5.74, 6) is 0. The van der Waals surface area contributed by atoms with E-state index in [1.54, 1.807) is 0 Å². The lowest BCUT2D eigenvalue weighted by Crippen LogP contribution is -1.65. The van der Waals surface area contributed by atoms with Crippen molar-refractivity contribution in [2.24, 2.45) is 4.99 Å². The van der Waals surface area contributed by atoms with Crippen LogP contribution >= 0.6 is 0 Å². The maximum absolute atomic E-state index is 3.74. The lowest BCUT2D eigenvalue weighted by molar-refractivity contribution is 1.24. The SMILES string of the molecule is C=NC(C)=CC/C=C/C. The minimum Gasteiger partial charge on any atom is -0.270 e. The number of allylic oxidation sites excluding steroid dienone is 4. The van der Waals surface area contributed by atoms with Crippen LogP contribution in [0.15, 0.2) is 28.9 Å². The molecule has 0 spiro atoms. The summed E-state index contributed by atoms with van der Waals surface area (Å²) in [6.07, 6.45) is 7.09. The Morgan fingerprint density at radius 1 is 1.67 bits per heavy atom. The maximum atomic E-state index is 3.74. The van der Waals surface area contributed by atoms with Gasteiger partial charge in [0.1, 0.15) is 0 Å². The first-order valence-electron chi connectivity index (χ1n) is 3.06. The predicted molar refractivity (Wildman–Crippen MR) is 42.7 cm³/mol. The molecule has 0 saturated heterocycles. The van der Waals surface area contributed by atoms with Gasteiger partial charge in [0.25, 0.3) is 0 Å². The molecule has 0 aliphatic carbocycles. The highest BCUT2D eigenvalue weighted by atomic mass is 14.7. The Bertz CT molecular complexity index is 132. The molecule has 0 aromatic carbocycles. The van der Waals surface area contributed by atoms with Gasteiger partial charge in [0.15, 0.2) is 0 Å². The predicted octanol–water partition coefficient (Wildman–Crippen LogP) is 2.56. The summed E-state index contributed by atoms with van der Waals surface area (Å²) in [5.41, 5.74) is 0.994. The van der Waals surface area contributed by atoms with E-state index >= 15 is 0 Å². The van der Waals surface area contributed by atoms with Gasteiger partial charge in [-0.3, -0.25) is 4.99 Å². The highest BCUT2D eigenvalue weighted by Gasteiger charge is 1.75. The molecular weight excluding hydrogens is 110 g/mol. The van der Waals surface area contributed by atoms with Gasteiger partial charge in [-0.25, -0.2) is 0 Å². The molecule has 1 heteroatoms. The quantitative estimate of drug-likeness (QED) is 0.404. The number of hydrogen-bond donors (Lipinski definition) is 0. The molecule has 0 N–H and O–H groups in total. The smallest absolute Gasteiger partial charge is 0.0328 e. The molecule has 0 unspecified atom stereocenters. The van der Waals surface area contributed by atoms with Gasteiger partial charge in [0.2, 0.25) is 0 Å². The van der Waals surface area contributed by atoms with E-state index in [9.17, 15) is 0 Å². The van der Waals surface area contributed by atoms with E-state index in [0.29, 0.717) is 0 Å². The summed E-state index contributed by atoms with van der Waals surface area (Å²) in [6.45, 7) is 7.34. The zero-order valence-electron chi connectivity index (χ0n) is 6.09. The molecular formula is C8H13N. The molecule has 9 heavy (non-hydrogen) atoms. The molecule has 0 aliphatic heterocycles. The monoisotopic (exact) mass is 123 g/mol. The summed E-state index contributed by atoms with van der Waals surface area (Å²) in [5, 5.41) is 0. The van der Waals surface area contributed by atoms with Crippen LogP contribution in [0.5, 0.6) is 0 Å². The summed E-state index contributed by atoms with van der Waals surface area (Å²) in [4.78, 5) is 3.74. The van der Waals surface area contributed by atoms with E-state index in [1.165, 1.54) is 0 Å². The topological polar surface area (TPSA) is 12.4 Å². The van der Waals surface area contributed by atoms with Gasteiger partial charge in [0, 0.05) is 5.70 Å². The Morgan fingerprint density at radius 2 is 2.33 bits per heavy atom. The lowest BCUT2D eigenvalue weighted by Gasteiger charge is -1.85. The standard InChI is InChI=1S/C8H13N/c1-4-5-6-7-8(2)9-3/h4-5,7H,3,6H2,1-2H3/b5-4+,8-7?. The van der Waals surface area contributed by atoms with Gasteiger partial charge >= 0.3 is 0 Å². The molecule has 1 nitrogen and oxygen atoms in total. The maximum Gasteiger partial charge on any atom is 0.0328 e. The largest absolute Gasteiger partial charge is 0.270 e. The van der Waals surface area contributed by atoms with Crippen molar-refractivity contribution in [2.45, 2.75) is 20.3 Å². The Balaban J connectivity index is 3.56. The first-order chi connectivity index (χ1) is 4.31. The van der Waals surface area contributed by atoms with Crippen LogP contribution < -0.4 is 0 Å². The van der Waals surface area contributed by atoms with E-state index < -0.39 is 0 Å². The van der Waals surface area contributed by atoms with Crippen molar-refractivity contribution in [2.75, 3.05) is 0 Å². The van der Waals surface area contributed by atoms with Crippen molar-refractivity contribution < 1.29 is 0 Å². The fourth-order valence-corrected chi connectivity index (χ4v) is 0.439. The molecule has 0 bridgehead atoms. The summed E-state index contributed by atoms with van der Waals surface area (Å²) in [7, 11) is 0. The minimum absolute atomic E-state index is 0.960. The van der Waals surface area contributed by atoms with Gasteiger partial charge in [-0.05, 0) is 27.0 Å². The van der Waals surface area contributed by atoms with Crippen molar-refractivity contribution in [1.29, 1.82) is 0 Å². The first-order valence-corrected chi connectivity index (χ1v) is 3.06. The van der Waals surface area contributed by atoms with E-state index in [0.717, 1.165) is 12.1 Å². The molecule has 0 aromatic rings. The van der Waals surface area contributed by atoms with Crippen molar-refractivity contribution in [3.05, 3.63) is 23.9 Å². The average molecular weight is 123 g/mol. The number of nitrogens with zero attached hydrogens (tertiary/aromatic N) is 1. The van der Waals surface area contributed by atoms with Crippen LogP contribution in [-0.2, 0) is 0 Å². The van der Waals surface area contributed by atoms with Crippen LogP contribution in [0.1, 0.15) is 20.3 Å². The fraction of sp³-hybridized carbons (Fsp3) is 0.375. The van der Waals surface area contributed by atoms with Gasteiger partial charge < -0.3 is 0 Å². The molecule has 50 valence electrons. The zero-order chi connectivity index (χ0) is 7.11. The van der Waals surface area contributed by atoms with Gasteiger partial charge in [-0.2, -0.15) is 0 Å². The van der Waals surface area contributed by atoms with E-state index in [-0.39, 0.29) is 0 Å². The van der Waals surface area contributed by atoms with Crippen LogP contribution in [0, 0.1) is 0 Å². The van der Waals surface area contributed by atoms with Crippen molar-refractivity contribution in [3.8, 4) is 0 Å². The Hall–Kier alpha value is -0.850. The van der Waals surface area contributed by atoms with E-state index in [2.05, 4.69) is 17.8 Å². The van der Waals surface area contributed by atoms with Crippen molar-refractivity contribution in [3.63, 3.8) is 0 Å². The Morgan fingerprint density at radius 3 is 2.78 bits per heavy atom. The normalized spacial score (nSPS) is 12.4. The van der Waals surface area contributed by atoms with Gasteiger partial charge in [-0.1, -0.05) is 18.2 Å². The Kier molecular flexibility index (Phi) is 4.79. The van der Waals surface area contributed by atoms with Crippen molar-refractivity contribution >= 4 is 6.72 Å². The molecule has 0 aromatic heterocycles. The molecule has 0 fully saturated rings. The van der Waals surface area contributed by atoms with Gasteiger partial charge in [-0.15, -0.1) is 0 Å². The number of aliphatic imine (C=N–C) groups is 1. The fourth-order valence-electron chi connectivity index (χ4n) is 0.439. The third-order valence-corrected chi connectivity index (χ3v) is 1.03. The Labute approximate surface area is 56.8 Å². The number of hydrogen-bond acceptors (Lipinski definition) is 1. The third kappa shape index (κ3) is 5.01. The summed E-state index contributed by atoms with van der Waals surface area (Å²) < 4.78 is 0. The van der Waals surface area contributed by atoms with Crippen molar-refractivity contribution in [1.82, 2.24) is 0 Å². The minimum atomic E-state index is 0.960. The van der Waals surface area contributed by atoms with Crippen LogP contribution in [-0.4, -0.2) is 6.72 Å². The molecule has 0 saturated carbocycles. The molecule has 0 heterocycles. The molecule has 0 aliphatic rings.